The molecule has 3 heterocycles. The van der Waals surface area contributed by atoms with Crippen molar-refractivity contribution in [2.45, 2.75) is 12.1 Å². The normalized spacial score (nSPS) is 24.6. The number of aliphatic carboxylic acids is 1. The number of nitrogens with two attached hydrogens (primary N) is 1. The first kappa shape index (κ1) is 11.9. The predicted molar refractivity (Wildman–Crippen MR) is 61.7 cm³/mol. The van der Waals surface area contributed by atoms with Gasteiger partial charge in [-0.1, -0.05) is 0 Å². The van der Waals surface area contributed by atoms with Gasteiger partial charge in [-0.15, -0.1) is 11.3 Å². The van der Waals surface area contributed by atoms with Gasteiger partial charge in [-0.2, -0.15) is 5.06 Å². The van der Waals surface area contributed by atoms with Crippen molar-refractivity contribution in [1.82, 2.24) is 9.96 Å². The zero-order valence-electron chi connectivity index (χ0n) is 9.44. The quantitative estimate of drug-likeness (QED) is 0.666. The number of hydrogen-bond donors (Lipinski definition) is 3. The lowest BCUT2D eigenvalue weighted by molar-refractivity contribution is -0.142. The Morgan fingerprint density at radius 1 is 1.47 bits per heavy atom. The Morgan fingerprint density at radius 2 is 2.16 bits per heavy atom. The van der Waals surface area contributed by atoms with Crippen LogP contribution < -0.4 is 5.73 Å². The van der Waals surface area contributed by atoms with Gasteiger partial charge in [0.1, 0.15) is 6.04 Å². The molecule has 2 unspecified atom stereocenters. The second-order valence-electron chi connectivity index (χ2n) is 4.33. The lowest BCUT2D eigenvalue weighted by Crippen LogP contribution is -2.37. The van der Waals surface area contributed by atoms with Crippen molar-refractivity contribution in [2.24, 2.45) is 5.73 Å². The number of urea groups is 1. The minimum Gasteiger partial charge on any atom is -0.479 e. The van der Waals surface area contributed by atoms with Crippen LogP contribution in [0.5, 0.6) is 0 Å². The standard InChI is InChI=1S/C10H9N3O5S/c11-8(14)5-1-3-4-2-12(10(17)13(4)18)6(9(15)16)7(3)19-5/h1,4,6,18H,2H2,(H2,11,14)(H,15,16). The average molecular weight is 283 g/mol. The molecule has 2 bridgehead atoms. The maximum atomic E-state index is 11.7. The first-order valence-corrected chi connectivity index (χ1v) is 6.18. The molecule has 0 aliphatic carbocycles. The summed E-state index contributed by atoms with van der Waals surface area (Å²) in [4.78, 5) is 35.9. The van der Waals surface area contributed by atoms with Crippen molar-refractivity contribution in [3.8, 4) is 0 Å². The highest BCUT2D eigenvalue weighted by Gasteiger charge is 2.51. The minimum absolute atomic E-state index is 0.0776. The highest BCUT2D eigenvalue weighted by atomic mass is 32.1. The van der Waals surface area contributed by atoms with Crippen molar-refractivity contribution in [1.29, 1.82) is 0 Å². The van der Waals surface area contributed by atoms with E-state index in [0.717, 1.165) is 16.2 Å². The number of hydroxylamine groups is 2. The van der Waals surface area contributed by atoms with Crippen LogP contribution in [0.25, 0.3) is 0 Å². The van der Waals surface area contributed by atoms with E-state index < -0.39 is 30.0 Å². The van der Waals surface area contributed by atoms with Gasteiger partial charge in [0, 0.05) is 4.88 Å². The van der Waals surface area contributed by atoms with Gasteiger partial charge in [-0.3, -0.25) is 10.0 Å². The lowest BCUT2D eigenvalue weighted by Gasteiger charge is -2.27. The monoisotopic (exact) mass is 283 g/mol. The SMILES string of the molecule is NC(=O)c1cc2c(s1)C(C(=O)O)N1CC2N(O)C1=O. The number of carbonyl (C=O) groups is 3. The zero-order valence-corrected chi connectivity index (χ0v) is 10.3. The predicted octanol–water partition coefficient (Wildman–Crippen LogP) is 0.154. The van der Waals surface area contributed by atoms with E-state index in [1.165, 1.54) is 6.07 Å². The molecule has 2 aliphatic heterocycles. The molecule has 1 aromatic heterocycles. The van der Waals surface area contributed by atoms with Crippen LogP contribution >= 0.6 is 11.3 Å². The van der Waals surface area contributed by atoms with Gasteiger partial charge < -0.3 is 15.7 Å². The second-order valence-corrected chi connectivity index (χ2v) is 5.41. The number of carboxylic acids is 1. The van der Waals surface area contributed by atoms with Crippen LogP contribution in [-0.2, 0) is 4.79 Å². The van der Waals surface area contributed by atoms with Gasteiger partial charge in [-0.05, 0) is 11.6 Å². The Kier molecular flexibility index (Phi) is 2.31. The second kappa shape index (κ2) is 3.68. The molecule has 0 spiro atoms. The van der Waals surface area contributed by atoms with Gasteiger partial charge in [0.05, 0.1) is 11.4 Å². The number of carbonyl (C=O) groups excluding carboxylic acids is 2. The Labute approximate surface area is 110 Å². The van der Waals surface area contributed by atoms with E-state index in [0.29, 0.717) is 15.5 Å². The van der Waals surface area contributed by atoms with Crippen LogP contribution in [0.1, 0.15) is 32.2 Å². The maximum absolute atomic E-state index is 11.7. The number of rotatable bonds is 2. The van der Waals surface area contributed by atoms with E-state index in [-0.39, 0.29) is 11.4 Å². The van der Waals surface area contributed by atoms with E-state index in [1.54, 1.807) is 0 Å². The largest absolute Gasteiger partial charge is 0.479 e. The molecular weight excluding hydrogens is 274 g/mol. The van der Waals surface area contributed by atoms with Crippen molar-refractivity contribution in [3.05, 3.63) is 21.4 Å². The number of thiophene rings is 1. The third-order valence-electron chi connectivity index (χ3n) is 3.29. The Morgan fingerprint density at radius 3 is 2.74 bits per heavy atom. The number of nitrogens with zero attached hydrogens (tertiary/aromatic N) is 2. The summed E-state index contributed by atoms with van der Waals surface area (Å²) in [5, 5.41) is 19.5. The molecule has 9 heteroatoms. The smallest absolute Gasteiger partial charge is 0.345 e. The van der Waals surface area contributed by atoms with E-state index >= 15 is 0 Å². The molecule has 8 nitrogen and oxygen atoms in total. The number of carboxylic acid groups (broad SMARTS) is 1. The highest BCUT2D eigenvalue weighted by molar-refractivity contribution is 7.14. The zero-order chi connectivity index (χ0) is 13.9. The molecule has 0 aromatic carbocycles. The summed E-state index contributed by atoms with van der Waals surface area (Å²) in [7, 11) is 0. The van der Waals surface area contributed by atoms with Gasteiger partial charge in [0.2, 0.25) is 0 Å². The fraction of sp³-hybridized carbons (Fsp3) is 0.300. The van der Waals surface area contributed by atoms with E-state index in [2.05, 4.69) is 0 Å². The maximum Gasteiger partial charge on any atom is 0.345 e. The summed E-state index contributed by atoms with van der Waals surface area (Å²) in [6, 6.07) is -1.14. The topological polar surface area (TPSA) is 124 Å². The van der Waals surface area contributed by atoms with Crippen molar-refractivity contribution < 1.29 is 24.7 Å². The van der Waals surface area contributed by atoms with Gasteiger partial charge >= 0.3 is 12.0 Å². The molecule has 1 fully saturated rings. The molecule has 1 aromatic rings. The van der Waals surface area contributed by atoms with Gasteiger partial charge in [0.25, 0.3) is 5.91 Å². The summed E-state index contributed by atoms with van der Waals surface area (Å²) in [6.45, 7) is 0.0776. The Hall–Kier alpha value is -2.13. The van der Waals surface area contributed by atoms with Crippen LogP contribution in [0, 0.1) is 0 Å². The molecule has 3 rings (SSSR count). The molecule has 2 atom stereocenters. The summed E-state index contributed by atoms with van der Waals surface area (Å²) in [5.74, 6) is -1.87. The van der Waals surface area contributed by atoms with Crippen molar-refractivity contribution in [3.63, 3.8) is 0 Å². The van der Waals surface area contributed by atoms with Crippen LogP contribution in [-0.4, -0.2) is 44.7 Å². The summed E-state index contributed by atoms with van der Waals surface area (Å²) >= 11 is 0.944. The molecule has 19 heavy (non-hydrogen) atoms. The average Bonchev–Trinajstić information content (AvgIpc) is 2.87. The van der Waals surface area contributed by atoms with Crippen LogP contribution in [0.2, 0.25) is 0 Å². The summed E-state index contributed by atoms with van der Waals surface area (Å²) in [6.07, 6.45) is 0. The minimum atomic E-state index is -1.21. The molecule has 3 amide bonds. The molecule has 2 aliphatic rings. The summed E-state index contributed by atoms with van der Waals surface area (Å²) in [5.41, 5.74) is 5.64. The lowest BCUT2D eigenvalue weighted by atomic mass is 9.99. The third-order valence-corrected chi connectivity index (χ3v) is 4.51. The molecule has 1 saturated heterocycles. The number of amides is 3. The van der Waals surface area contributed by atoms with Crippen LogP contribution in [0.3, 0.4) is 0 Å². The number of fused-ring (bicyclic) bond motifs is 4. The van der Waals surface area contributed by atoms with E-state index in [4.69, 9.17) is 5.73 Å². The first-order chi connectivity index (χ1) is 8.91. The number of primary amides is 1. The van der Waals surface area contributed by atoms with E-state index in [9.17, 15) is 24.7 Å². The number of hydrogen-bond acceptors (Lipinski definition) is 5. The summed E-state index contributed by atoms with van der Waals surface area (Å²) < 4.78 is 0. The first-order valence-electron chi connectivity index (χ1n) is 5.36. The highest BCUT2D eigenvalue weighted by Crippen LogP contribution is 2.46. The van der Waals surface area contributed by atoms with E-state index in [1.807, 2.05) is 0 Å². The Balaban J connectivity index is 2.18. The molecule has 0 radical (unpaired) electrons. The fourth-order valence-electron chi connectivity index (χ4n) is 2.45. The van der Waals surface area contributed by atoms with Gasteiger partial charge in [-0.25, -0.2) is 9.59 Å². The van der Waals surface area contributed by atoms with Gasteiger partial charge in [0.15, 0.2) is 6.04 Å². The molecule has 0 saturated carbocycles. The van der Waals surface area contributed by atoms with Crippen LogP contribution in [0.15, 0.2) is 6.07 Å². The van der Waals surface area contributed by atoms with Crippen molar-refractivity contribution in [2.75, 3.05) is 6.54 Å². The molecule has 4 N–H and O–H groups in total. The Bertz CT molecular complexity index is 612. The van der Waals surface area contributed by atoms with Crippen LogP contribution in [0.4, 0.5) is 4.79 Å². The fourth-order valence-corrected chi connectivity index (χ4v) is 3.63. The third kappa shape index (κ3) is 1.45. The van der Waals surface area contributed by atoms with Crippen molar-refractivity contribution >= 4 is 29.2 Å². The molecular formula is C10H9N3O5S. The molecule has 100 valence electrons.